The Labute approximate surface area is 124 Å². The van der Waals surface area contributed by atoms with Gasteiger partial charge in [0.2, 0.25) is 5.95 Å². The second kappa shape index (κ2) is 5.48. The first-order valence-electron chi connectivity index (χ1n) is 7.03. The Bertz CT molecular complexity index is 777. The quantitative estimate of drug-likeness (QED) is 0.799. The smallest absolute Gasteiger partial charge is 0.201 e. The number of hydrogen-bond acceptors (Lipinski definition) is 3. The highest BCUT2D eigenvalue weighted by Gasteiger charge is 2.10. The summed E-state index contributed by atoms with van der Waals surface area (Å²) >= 11 is 0. The Balaban J connectivity index is 1.89. The minimum absolute atomic E-state index is 0.571. The molecular weight excluding hydrogens is 262 g/mol. The fraction of sp³-hybridized carbons (Fsp3) is 0.235. The van der Waals surface area contributed by atoms with Crippen LogP contribution in [0.3, 0.4) is 0 Å². The third kappa shape index (κ3) is 2.57. The molecule has 0 aliphatic heterocycles. The highest BCUT2D eigenvalue weighted by Crippen LogP contribution is 2.22. The molecule has 3 rings (SSSR count). The van der Waals surface area contributed by atoms with Gasteiger partial charge in [-0.25, -0.2) is 4.98 Å². The molecule has 108 valence electrons. The highest BCUT2D eigenvalue weighted by atomic mass is 16.5. The van der Waals surface area contributed by atoms with E-state index in [1.165, 1.54) is 11.1 Å². The SMILES string of the molecule is COc1cccc(CCn2c(N)nc3cccc(C)c32)c1. The van der Waals surface area contributed by atoms with E-state index in [1.54, 1.807) is 7.11 Å². The maximum Gasteiger partial charge on any atom is 0.201 e. The molecule has 0 aliphatic carbocycles. The first-order chi connectivity index (χ1) is 10.2. The minimum Gasteiger partial charge on any atom is -0.497 e. The predicted molar refractivity (Wildman–Crippen MR) is 85.6 cm³/mol. The van der Waals surface area contributed by atoms with Crippen molar-refractivity contribution in [2.45, 2.75) is 19.9 Å². The van der Waals surface area contributed by atoms with Gasteiger partial charge in [0.1, 0.15) is 5.75 Å². The molecule has 0 unspecified atom stereocenters. The van der Waals surface area contributed by atoms with Crippen LogP contribution in [0, 0.1) is 6.92 Å². The van der Waals surface area contributed by atoms with Gasteiger partial charge in [-0.1, -0.05) is 24.3 Å². The standard InChI is InChI=1S/C17H19N3O/c1-12-5-3-8-15-16(12)20(17(18)19-15)10-9-13-6-4-7-14(11-13)21-2/h3-8,11H,9-10H2,1-2H3,(H2,18,19). The second-order valence-electron chi connectivity index (χ2n) is 5.17. The van der Waals surface area contributed by atoms with Crippen LogP contribution in [0.1, 0.15) is 11.1 Å². The zero-order valence-corrected chi connectivity index (χ0v) is 12.3. The maximum atomic E-state index is 6.07. The topological polar surface area (TPSA) is 53.1 Å². The second-order valence-corrected chi connectivity index (χ2v) is 5.17. The molecule has 0 saturated heterocycles. The number of aryl methyl sites for hydroxylation is 3. The fourth-order valence-corrected chi connectivity index (χ4v) is 2.68. The van der Waals surface area contributed by atoms with Crippen molar-refractivity contribution in [3.8, 4) is 5.75 Å². The highest BCUT2D eigenvalue weighted by molar-refractivity contribution is 5.81. The summed E-state index contributed by atoms with van der Waals surface area (Å²) in [5.74, 6) is 1.45. The first kappa shape index (κ1) is 13.5. The molecule has 4 heteroatoms. The van der Waals surface area contributed by atoms with Crippen molar-refractivity contribution in [3.05, 3.63) is 53.6 Å². The van der Waals surface area contributed by atoms with Crippen LogP contribution in [0.2, 0.25) is 0 Å². The van der Waals surface area contributed by atoms with Gasteiger partial charge in [-0.3, -0.25) is 0 Å². The average molecular weight is 281 g/mol. The fourth-order valence-electron chi connectivity index (χ4n) is 2.68. The lowest BCUT2D eigenvalue weighted by molar-refractivity contribution is 0.414. The summed E-state index contributed by atoms with van der Waals surface area (Å²) < 4.78 is 7.35. The molecule has 0 spiro atoms. The van der Waals surface area contributed by atoms with Crippen molar-refractivity contribution < 1.29 is 4.74 Å². The van der Waals surface area contributed by atoms with E-state index in [4.69, 9.17) is 10.5 Å². The summed E-state index contributed by atoms with van der Waals surface area (Å²) in [5.41, 5.74) is 10.6. The largest absolute Gasteiger partial charge is 0.497 e. The van der Waals surface area contributed by atoms with Crippen LogP contribution < -0.4 is 10.5 Å². The molecule has 0 saturated carbocycles. The molecule has 1 heterocycles. The summed E-state index contributed by atoms with van der Waals surface area (Å²) in [6.07, 6.45) is 0.890. The number of ether oxygens (including phenoxy) is 1. The van der Waals surface area contributed by atoms with E-state index in [0.717, 1.165) is 29.7 Å². The third-order valence-corrected chi connectivity index (χ3v) is 3.76. The number of nitrogens with two attached hydrogens (primary N) is 1. The molecule has 3 aromatic rings. The molecule has 2 aromatic carbocycles. The molecule has 0 fully saturated rings. The average Bonchev–Trinajstić information content (AvgIpc) is 2.82. The first-order valence-corrected chi connectivity index (χ1v) is 7.03. The van der Waals surface area contributed by atoms with Crippen LogP contribution in [0.15, 0.2) is 42.5 Å². The van der Waals surface area contributed by atoms with E-state index in [9.17, 15) is 0 Å². The van der Waals surface area contributed by atoms with Gasteiger partial charge < -0.3 is 15.0 Å². The summed E-state index contributed by atoms with van der Waals surface area (Å²) in [4.78, 5) is 4.44. The van der Waals surface area contributed by atoms with Crippen LogP contribution in [-0.4, -0.2) is 16.7 Å². The molecule has 0 bridgehead atoms. The van der Waals surface area contributed by atoms with Crippen molar-refractivity contribution in [2.24, 2.45) is 0 Å². The van der Waals surface area contributed by atoms with Crippen molar-refractivity contribution in [2.75, 3.05) is 12.8 Å². The number of imidazole rings is 1. The predicted octanol–water partition coefficient (Wildman–Crippen LogP) is 3.18. The Morgan fingerprint density at radius 3 is 2.81 bits per heavy atom. The normalized spacial score (nSPS) is 11.0. The third-order valence-electron chi connectivity index (χ3n) is 3.76. The lowest BCUT2D eigenvalue weighted by Gasteiger charge is -2.09. The van der Waals surface area contributed by atoms with Gasteiger partial charge in [0.15, 0.2) is 0 Å². The number of nitrogen functional groups attached to an aromatic ring is 1. The van der Waals surface area contributed by atoms with Gasteiger partial charge in [-0.05, 0) is 42.7 Å². The Kier molecular flexibility index (Phi) is 3.52. The maximum absolute atomic E-state index is 6.07. The zero-order valence-electron chi connectivity index (χ0n) is 12.3. The zero-order chi connectivity index (χ0) is 14.8. The number of aromatic nitrogens is 2. The van der Waals surface area contributed by atoms with E-state index < -0.39 is 0 Å². The van der Waals surface area contributed by atoms with Crippen LogP contribution >= 0.6 is 0 Å². The van der Waals surface area contributed by atoms with E-state index >= 15 is 0 Å². The number of nitrogens with zero attached hydrogens (tertiary/aromatic N) is 2. The lowest BCUT2D eigenvalue weighted by Crippen LogP contribution is -2.06. The van der Waals surface area contributed by atoms with Crippen LogP contribution in [0.25, 0.3) is 11.0 Å². The number of fused-ring (bicyclic) bond motifs is 1. The van der Waals surface area contributed by atoms with E-state index in [0.29, 0.717) is 5.95 Å². The molecule has 21 heavy (non-hydrogen) atoms. The van der Waals surface area contributed by atoms with Gasteiger partial charge >= 0.3 is 0 Å². The monoisotopic (exact) mass is 281 g/mol. The molecule has 4 nitrogen and oxygen atoms in total. The Morgan fingerprint density at radius 1 is 1.19 bits per heavy atom. The number of methoxy groups -OCH3 is 1. The van der Waals surface area contributed by atoms with Crippen LogP contribution in [0.5, 0.6) is 5.75 Å². The summed E-state index contributed by atoms with van der Waals surface area (Å²) in [5, 5.41) is 0. The molecule has 0 aliphatic rings. The van der Waals surface area contributed by atoms with Crippen molar-refractivity contribution in [1.29, 1.82) is 0 Å². The summed E-state index contributed by atoms with van der Waals surface area (Å²) in [7, 11) is 1.68. The van der Waals surface area contributed by atoms with Crippen LogP contribution in [-0.2, 0) is 13.0 Å². The van der Waals surface area contributed by atoms with Gasteiger partial charge in [0, 0.05) is 6.54 Å². The number of rotatable bonds is 4. The van der Waals surface area contributed by atoms with E-state index in [-0.39, 0.29) is 0 Å². The Hall–Kier alpha value is -2.49. The number of benzene rings is 2. The summed E-state index contributed by atoms with van der Waals surface area (Å²) in [6, 6.07) is 14.2. The Morgan fingerprint density at radius 2 is 2.00 bits per heavy atom. The van der Waals surface area contributed by atoms with Gasteiger partial charge in [-0.2, -0.15) is 0 Å². The molecule has 1 aromatic heterocycles. The van der Waals surface area contributed by atoms with Crippen molar-refractivity contribution >= 4 is 17.0 Å². The van der Waals surface area contributed by atoms with Crippen molar-refractivity contribution in [3.63, 3.8) is 0 Å². The number of para-hydroxylation sites is 1. The van der Waals surface area contributed by atoms with E-state index in [1.807, 2.05) is 24.3 Å². The lowest BCUT2D eigenvalue weighted by atomic mass is 10.1. The van der Waals surface area contributed by atoms with E-state index in [2.05, 4.69) is 34.7 Å². The van der Waals surface area contributed by atoms with Crippen molar-refractivity contribution in [1.82, 2.24) is 9.55 Å². The number of anilines is 1. The van der Waals surface area contributed by atoms with Gasteiger partial charge in [0.25, 0.3) is 0 Å². The molecule has 2 N–H and O–H groups in total. The molecular formula is C17H19N3O. The molecule has 0 radical (unpaired) electrons. The molecule has 0 atom stereocenters. The van der Waals surface area contributed by atoms with Gasteiger partial charge in [-0.15, -0.1) is 0 Å². The molecule has 0 amide bonds. The van der Waals surface area contributed by atoms with Crippen LogP contribution in [0.4, 0.5) is 5.95 Å². The summed E-state index contributed by atoms with van der Waals surface area (Å²) in [6.45, 7) is 2.89. The van der Waals surface area contributed by atoms with Gasteiger partial charge in [0.05, 0.1) is 18.1 Å². The minimum atomic E-state index is 0.571. The number of hydrogen-bond donors (Lipinski definition) is 1.